The van der Waals surface area contributed by atoms with Gasteiger partial charge in [-0.15, -0.1) is 0 Å². The van der Waals surface area contributed by atoms with Crippen LogP contribution in [0.15, 0.2) is 24.3 Å². The minimum Gasteiger partial charge on any atom is -0.378 e. The molecule has 0 saturated heterocycles. The number of hydrogen-bond acceptors (Lipinski definition) is 4. The second-order valence-electron chi connectivity index (χ2n) is 4.93. The van der Waals surface area contributed by atoms with E-state index in [4.69, 9.17) is 12.2 Å². The van der Waals surface area contributed by atoms with Crippen molar-refractivity contribution in [1.29, 1.82) is 0 Å². The van der Waals surface area contributed by atoms with Gasteiger partial charge in [0.1, 0.15) is 0 Å². The standard InChI is InChI=1S/C14H21N5S/c1-4-5-13-16-17-14(20)19(13)15-10-11-6-8-12(9-7-11)18(2)3/h6-9,15H,4-5,10H2,1-3H3,(H,17,20). The van der Waals surface area contributed by atoms with Gasteiger partial charge in [-0.25, -0.2) is 4.68 Å². The molecule has 0 atom stereocenters. The van der Waals surface area contributed by atoms with Crippen molar-refractivity contribution < 1.29 is 0 Å². The van der Waals surface area contributed by atoms with Crippen LogP contribution in [0.2, 0.25) is 0 Å². The highest BCUT2D eigenvalue weighted by Gasteiger charge is 2.04. The van der Waals surface area contributed by atoms with Gasteiger partial charge in [-0.05, 0) is 36.3 Å². The van der Waals surface area contributed by atoms with E-state index in [1.165, 1.54) is 11.3 Å². The van der Waals surface area contributed by atoms with E-state index in [2.05, 4.69) is 51.7 Å². The third-order valence-corrected chi connectivity index (χ3v) is 3.38. The van der Waals surface area contributed by atoms with E-state index >= 15 is 0 Å². The Morgan fingerprint density at radius 3 is 2.60 bits per heavy atom. The maximum atomic E-state index is 5.23. The molecule has 1 heterocycles. The lowest BCUT2D eigenvalue weighted by Crippen LogP contribution is -2.17. The van der Waals surface area contributed by atoms with Gasteiger partial charge >= 0.3 is 0 Å². The number of nitrogens with zero attached hydrogens (tertiary/aromatic N) is 3. The zero-order chi connectivity index (χ0) is 14.5. The molecule has 0 saturated carbocycles. The fourth-order valence-electron chi connectivity index (χ4n) is 1.97. The van der Waals surface area contributed by atoms with Gasteiger partial charge in [0.25, 0.3) is 0 Å². The second-order valence-corrected chi connectivity index (χ2v) is 5.31. The maximum absolute atomic E-state index is 5.23. The third kappa shape index (κ3) is 3.39. The molecule has 0 unspecified atom stereocenters. The number of H-pyrrole nitrogens is 1. The van der Waals surface area contributed by atoms with E-state index in [1.54, 1.807) is 0 Å². The summed E-state index contributed by atoms with van der Waals surface area (Å²) in [5.41, 5.74) is 5.72. The van der Waals surface area contributed by atoms with Gasteiger partial charge < -0.3 is 10.3 Å². The average Bonchev–Trinajstić information content (AvgIpc) is 2.78. The lowest BCUT2D eigenvalue weighted by atomic mass is 10.2. The number of nitrogens with one attached hydrogen (secondary N) is 2. The van der Waals surface area contributed by atoms with Crippen molar-refractivity contribution in [2.24, 2.45) is 0 Å². The Morgan fingerprint density at radius 2 is 2.00 bits per heavy atom. The molecule has 0 aliphatic heterocycles. The van der Waals surface area contributed by atoms with Crippen molar-refractivity contribution in [3.8, 4) is 0 Å². The van der Waals surface area contributed by atoms with Crippen molar-refractivity contribution in [2.75, 3.05) is 24.4 Å². The van der Waals surface area contributed by atoms with Crippen molar-refractivity contribution in [3.05, 3.63) is 40.4 Å². The van der Waals surface area contributed by atoms with Gasteiger partial charge in [0.05, 0.1) is 6.54 Å². The molecule has 0 amide bonds. The molecule has 6 heteroatoms. The first-order valence-corrected chi connectivity index (χ1v) is 7.19. The van der Waals surface area contributed by atoms with Gasteiger partial charge in [0.15, 0.2) is 5.82 Å². The van der Waals surface area contributed by atoms with E-state index in [0.29, 0.717) is 4.77 Å². The van der Waals surface area contributed by atoms with E-state index in [-0.39, 0.29) is 0 Å². The van der Waals surface area contributed by atoms with Crippen LogP contribution in [0.25, 0.3) is 0 Å². The quantitative estimate of drug-likeness (QED) is 0.804. The molecule has 0 spiro atoms. The Kier molecular flexibility index (Phi) is 4.79. The van der Waals surface area contributed by atoms with Crippen LogP contribution in [0.3, 0.4) is 0 Å². The average molecular weight is 291 g/mol. The minimum absolute atomic E-state index is 0.610. The summed E-state index contributed by atoms with van der Waals surface area (Å²) in [4.78, 5) is 2.09. The number of rotatable bonds is 6. The lowest BCUT2D eigenvalue weighted by Gasteiger charge is -2.13. The van der Waals surface area contributed by atoms with Crippen LogP contribution in [0.1, 0.15) is 24.7 Å². The number of aromatic nitrogens is 3. The summed E-state index contributed by atoms with van der Waals surface area (Å²) < 4.78 is 2.47. The highest BCUT2D eigenvalue weighted by Crippen LogP contribution is 2.12. The van der Waals surface area contributed by atoms with E-state index in [9.17, 15) is 0 Å². The molecule has 0 radical (unpaired) electrons. The Labute approximate surface area is 124 Å². The summed E-state index contributed by atoms with van der Waals surface area (Å²) in [6, 6.07) is 8.45. The zero-order valence-corrected chi connectivity index (χ0v) is 13.0. The number of aryl methyl sites for hydroxylation is 1. The number of hydrogen-bond donors (Lipinski definition) is 2. The highest BCUT2D eigenvalue weighted by atomic mass is 32.1. The molecule has 0 fully saturated rings. The maximum Gasteiger partial charge on any atom is 0.214 e. The molecular formula is C14H21N5S. The first-order valence-electron chi connectivity index (χ1n) is 6.78. The molecule has 1 aromatic carbocycles. The molecule has 0 bridgehead atoms. The molecule has 0 aliphatic carbocycles. The number of aromatic amines is 1. The van der Waals surface area contributed by atoms with Crippen molar-refractivity contribution >= 4 is 17.9 Å². The van der Waals surface area contributed by atoms with Gasteiger partial charge in [0.2, 0.25) is 4.77 Å². The van der Waals surface area contributed by atoms with Crippen LogP contribution in [0.5, 0.6) is 0 Å². The Morgan fingerprint density at radius 1 is 1.30 bits per heavy atom. The summed E-state index contributed by atoms with van der Waals surface area (Å²) >= 11 is 5.23. The van der Waals surface area contributed by atoms with Crippen molar-refractivity contribution in [2.45, 2.75) is 26.3 Å². The first-order chi connectivity index (χ1) is 9.61. The summed E-state index contributed by atoms with van der Waals surface area (Å²) in [6.45, 7) is 2.85. The summed E-state index contributed by atoms with van der Waals surface area (Å²) in [7, 11) is 4.07. The lowest BCUT2D eigenvalue weighted by molar-refractivity contribution is 0.731. The molecule has 108 valence electrons. The molecule has 2 N–H and O–H groups in total. The zero-order valence-electron chi connectivity index (χ0n) is 12.2. The Bertz CT molecular complexity index is 597. The Balaban J connectivity index is 2.05. The SMILES string of the molecule is CCCc1n[nH]c(=S)n1NCc1ccc(N(C)C)cc1. The van der Waals surface area contributed by atoms with Crippen molar-refractivity contribution in [3.63, 3.8) is 0 Å². The molecular weight excluding hydrogens is 270 g/mol. The van der Waals surface area contributed by atoms with Crippen LogP contribution in [0.4, 0.5) is 5.69 Å². The van der Waals surface area contributed by atoms with E-state index in [1.807, 2.05) is 18.8 Å². The fourth-order valence-corrected chi connectivity index (χ4v) is 2.18. The largest absolute Gasteiger partial charge is 0.378 e. The van der Waals surface area contributed by atoms with Gasteiger partial charge in [0, 0.05) is 26.2 Å². The molecule has 1 aromatic heterocycles. The van der Waals surface area contributed by atoms with Crippen molar-refractivity contribution in [1.82, 2.24) is 14.9 Å². The van der Waals surface area contributed by atoms with Crippen LogP contribution >= 0.6 is 12.2 Å². The van der Waals surface area contributed by atoms with Gasteiger partial charge in [-0.3, -0.25) is 5.10 Å². The predicted octanol–water partition coefficient (Wildman–Crippen LogP) is 2.70. The van der Waals surface area contributed by atoms with Crippen LogP contribution in [0, 0.1) is 4.77 Å². The number of benzene rings is 1. The number of anilines is 1. The molecule has 2 aromatic rings. The predicted molar refractivity (Wildman–Crippen MR) is 85.2 cm³/mol. The van der Waals surface area contributed by atoms with Gasteiger partial charge in [-0.2, -0.15) is 5.10 Å². The first kappa shape index (κ1) is 14.6. The fraction of sp³-hybridized carbons (Fsp3) is 0.429. The normalized spacial score (nSPS) is 10.6. The molecule has 2 rings (SSSR count). The topological polar surface area (TPSA) is 48.9 Å². The smallest absolute Gasteiger partial charge is 0.214 e. The third-order valence-electron chi connectivity index (χ3n) is 3.11. The summed E-state index contributed by atoms with van der Waals surface area (Å²) in [6.07, 6.45) is 1.94. The summed E-state index contributed by atoms with van der Waals surface area (Å²) in [5.74, 6) is 0.947. The molecule has 5 nitrogen and oxygen atoms in total. The Hall–Kier alpha value is -1.82. The minimum atomic E-state index is 0.610. The highest BCUT2D eigenvalue weighted by molar-refractivity contribution is 7.71. The van der Waals surface area contributed by atoms with Crippen LogP contribution in [-0.2, 0) is 13.0 Å². The van der Waals surface area contributed by atoms with E-state index in [0.717, 1.165) is 25.2 Å². The molecule has 0 aliphatic rings. The van der Waals surface area contributed by atoms with E-state index < -0.39 is 0 Å². The van der Waals surface area contributed by atoms with Gasteiger partial charge in [-0.1, -0.05) is 19.1 Å². The van der Waals surface area contributed by atoms with Crippen LogP contribution in [-0.4, -0.2) is 29.0 Å². The van der Waals surface area contributed by atoms with Crippen LogP contribution < -0.4 is 10.3 Å². The monoisotopic (exact) mass is 291 g/mol. The second kappa shape index (κ2) is 6.56. The summed E-state index contributed by atoms with van der Waals surface area (Å²) in [5, 5.41) is 7.06. The molecule has 20 heavy (non-hydrogen) atoms.